The molecule has 106 valence electrons. The highest BCUT2D eigenvalue weighted by atomic mass is 79.9. The minimum atomic E-state index is -0.580. The summed E-state index contributed by atoms with van der Waals surface area (Å²) in [6.07, 6.45) is -0.0845. The molecule has 0 aliphatic rings. The van der Waals surface area contributed by atoms with Gasteiger partial charge in [0.15, 0.2) is 0 Å². The molecule has 0 saturated heterocycles. The molecular weight excluding hydrogens is 320 g/mol. The van der Waals surface area contributed by atoms with E-state index < -0.39 is 6.10 Å². The third kappa shape index (κ3) is 3.52. The zero-order valence-electron chi connectivity index (χ0n) is 11.5. The molecule has 0 spiro atoms. The van der Waals surface area contributed by atoms with E-state index in [4.69, 9.17) is 9.47 Å². The van der Waals surface area contributed by atoms with Crippen LogP contribution in [0.4, 0.5) is 0 Å². The van der Waals surface area contributed by atoms with Gasteiger partial charge < -0.3 is 14.6 Å². The van der Waals surface area contributed by atoms with Gasteiger partial charge in [-0.1, -0.05) is 28.1 Å². The van der Waals surface area contributed by atoms with Crippen molar-refractivity contribution in [3.63, 3.8) is 0 Å². The van der Waals surface area contributed by atoms with E-state index >= 15 is 0 Å². The lowest BCUT2D eigenvalue weighted by Gasteiger charge is -2.14. The SMILES string of the molecule is COc1ccc(C(O)Cc2cc(Br)ccc2OC)cc1. The van der Waals surface area contributed by atoms with Crippen molar-refractivity contribution in [3.05, 3.63) is 58.1 Å². The van der Waals surface area contributed by atoms with Gasteiger partial charge in [0.1, 0.15) is 11.5 Å². The molecule has 2 aromatic rings. The van der Waals surface area contributed by atoms with Crippen LogP contribution in [0, 0.1) is 0 Å². The zero-order chi connectivity index (χ0) is 14.5. The van der Waals surface area contributed by atoms with Crippen molar-refractivity contribution in [2.45, 2.75) is 12.5 Å². The van der Waals surface area contributed by atoms with Crippen molar-refractivity contribution in [1.29, 1.82) is 0 Å². The summed E-state index contributed by atoms with van der Waals surface area (Å²) in [7, 11) is 3.25. The van der Waals surface area contributed by atoms with Crippen molar-refractivity contribution >= 4 is 15.9 Å². The number of hydrogen-bond acceptors (Lipinski definition) is 3. The largest absolute Gasteiger partial charge is 0.497 e. The average molecular weight is 337 g/mol. The monoisotopic (exact) mass is 336 g/mol. The molecule has 2 rings (SSSR count). The number of ether oxygens (including phenoxy) is 2. The summed E-state index contributed by atoms with van der Waals surface area (Å²) in [5, 5.41) is 10.3. The Hall–Kier alpha value is -1.52. The lowest BCUT2D eigenvalue weighted by atomic mass is 10.0. The molecule has 1 atom stereocenters. The molecule has 1 unspecified atom stereocenters. The highest BCUT2D eigenvalue weighted by molar-refractivity contribution is 9.10. The van der Waals surface area contributed by atoms with E-state index in [9.17, 15) is 5.11 Å². The molecule has 0 aromatic heterocycles. The van der Waals surface area contributed by atoms with Gasteiger partial charge >= 0.3 is 0 Å². The van der Waals surface area contributed by atoms with Gasteiger partial charge in [-0.2, -0.15) is 0 Å². The molecule has 4 heteroatoms. The van der Waals surface area contributed by atoms with Gasteiger partial charge in [0, 0.05) is 10.9 Å². The Morgan fingerprint density at radius 3 is 2.35 bits per heavy atom. The highest BCUT2D eigenvalue weighted by Crippen LogP contribution is 2.28. The number of methoxy groups -OCH3 is 2. The van der Waals surface area contributed by atoms with Crippen LogP contribution in [0.15, 0.2) is 46.9 Å². The van der Waals surface area contributed by atoms with E-state index in [1.54, 1.807) is 14.2 Å². The van der Waals surface area contributed by atoms with Gasteiger partial charge in [-0.05, 0) is 41.5 Å². The Labute approximate surface area is 127 Å². The van der Waals surface area contributed by atoms with E-state index in [1.807, 2.05) is 42.5 Å². The first-order valence-electron chi connectivity index (χ1n) is 6.28. The number of aliphatic hydroxyl groups is 1. The molecule has 0 saturated carbocycles. The second-order valence-electron chi connectivity index (χ2n) is 4.45. The summed E-state index contributed by atoms with van der Waals surface area (Å²) in [4.78, 5) is 0. The number of hydrogen-bond donors (Lipinski definition) is 1. The maximum absolute atomic E-state index is 10.3. The van der Waals surface area contributed by atoms with E-state index in [0.29, 0.717) is 6.42 Å². The standard InChI is InChI=1S/C16H17BrO3/c1-19-14-6-3-11(4-7-14)15(18)10-12-9-13(17)5-8-16(12)20-2/h3-9,15,18H,10H2,1-2H3. The lowest BCUT2D eigenvalue weighted by molar-refractivity contribution is 0.177. The number of aliphatic hydroxyl groups excluding tert-OH is 1. The topological polar surface area (TPSA) is 38.7 Å². The first-order chi connectivity index (χ1) is 9.63. The molecule has 0 radical (unpaired) electrons. The van der Waals surface area contributed by atoms with Crippen LogP contribution in [0.2, 0.25) is 0 Å². The smallest absolute Gasteiger partial charge is 0.122 e. The van der Waals surface area contributed by atoms with Gasteiger partial charge in [-0.3, -0.25) is 0 Å². The maximum atomic E-state index is 10.3. The van der Waals surface area contributed by atoms with Crippen LogP contribution in [-0.4, -0.2) is 19.3 Å². The summed E-state index contributed by atoms with van der Waals surface area (Å²) >= 11 is 3.44. The fraction of sp³-hybridized carbons (Fsp3) is 0.250. The average Bonchev–Trinajstić information content (AvgIpc) is 2.47. The van der Waals surface area contributed by atoms with Crippen molar-refractivity contribution in [2.75, 3.05) is 14.2 Å². The van der Waals surface area contributed by atoms with Gasteiger partial charge in [-0.25, -0.2) is 0 Å². The van der Waals surface area contributed by atoms with Crippen LogP contribution in [0.25, 0.3) is 0 Å². The molecule has 0 amide bonds. The summed E-state index contributed by atoms with van der Waals surface area (Å²) < 4.78 is 11.4. The number of rotatable bonds is 5. The molecule has 0 heterocycles. The molecule has 1 N–H and O–H groups in total. The lowest BCUT2D eigenvalue weighted by Crippen LogP contribution is -2.03. The van der Waals surface area contributed by atoms with Gasteiger partial charge in [-0.15, -0.1) is 0 Å². The van der Waals surface area contributed by atoms with E-state index in [1.165, 1.54) is 0 Å². The molecular formula is C16H17BrO3. The zero-order valence-corrected chi connectivity index (χ0v) is 13.1. The van der Waals surface area contributed by atoms with Crippen molar-refractivity contribution in [1.82, 2.24) is 0 Å². The van der Waals surface area contributed by atoms with Crippen LogP contribution in [0.3, 0.4) is 0 Å². The third-order valence-electron chi connectivity index (χ3n) is 3.16. The molecule has 0 aliphatic carbocycles. The van der Waals surface area contributed by atoms with Gasteiger partial charge in [0.2, 0.25) is 0 Å². The van der Waals surface area contributed by atoms with Crippen molar-refractivity contribution < 1.29 is 14.6 Å². The first kappa shape index (κ1) is 14.9. The van der Waals surface area contributed by atoms with Crippen molar-refractivity contribution in [3.8, 4) is 11.5 Å². The fourth-order valence-corrected chi connectivity index (χ4v) is 2.47. The van der Waals surface area contributed by atoms with Gasteiger partial charge in [0.05, 0.1) is 20.3 Å². The van der Waals surface area contributed by atoms with Gasteiger partial charge in [0.25, 0.3) is 0 Å². The Kier molecular flexibility index (Phi) is 5.04. The fourth-order valence-electron chi connectivity index (χ4n) is 2.06. The summed E-state index contributed by atoms with van der Waals surface area (Å²) in [5.41, 5.74) is 1.82. The Balaban J connectivity index is 2.17. The normalized spacial score (nSPS) is 12.0. The van der Waals surface area contributed by atoms with Crippen molar-refractivity contribution in [2.24, 2.45) is 0 Å². The minimum Gasteiger partial charge on any atom is -0.497 e. The van der Waals surface area contributed by atoms with Crippen LogP contribution in [0.5, 0.6) is 11.5 Å². The second kappa shape index (κ2) is 6.77. The summed E-state index contributed by atoms with van der Waals surface area (Å²) in [6, 6.07) is 13.2. The van der Waals surface area contributed by atoms with E-state index in [2.05, 4.69) is 15.9 Å². The van der Waals surface area contributed by atoms with Crippen LogP contribution in [-0.2, 0) is 6.42 Å². The van der Waals surface area contributed by atoms with Crippen LogP contribution >= 0.6 is 15.9 Å². The number of halogens is 1. The second-order valence-corrected chi connectivity index (χ2v) is 5.36. The van der Waals surface area contributed by atoms with Crippen LogP contribution < -0.4 is 9.47 Å². The summed E-state index contributed by atoms with van der Waals surface area (Å²) in [6.45, 7) is 0. The number of benzene rings is 2. The van der Waals surface area contributed by atoms with E-state index in [-0.39, 0.29) is 0 Å². The van der Waals surface area contributed by atoms with E-state index in [0.717, 1.165) is 27.1 Å². The Morgan fingerprint density at radius 1 is 1.05 bits per heavy atom. The quantitative estimate of drug-likeness (QED) is 0.903. The minimum absolute atomic E-state index is 0.495. The van der Waals surface area contributed by atoms with Crippen LogP contribution in [0.1, 0.15) is 17.2 Å². The third-order valence-corrected chi connectivity index (χ3v) is 3.65. The molecule has 20 heavy (non-hydrogen) atoms. The molecule has 0 aliphatic heterocycles. The highest BCUT2D eigenvalue weighted by Gasteiger charge is 2.12. The molecule has 3 nitrogen and oxygen atoms in total. The summed E-state index contributed by atoms with van der Waals surface area (Å²) in [5.74, 6) is 1.56. The predicted molar refractivity (Wildman–Crippen MR) is 82.4 cm³/mol. The molecule has 0 bridgehead atoms. The maximum Gasteiger partial charge on any atom is 0.122 e. The Morgan fingerprint density at radius 2 is 1.75 bits per heavy atom. The molecule has 2 aromatic carbocycles. The Bertz CT molecular complexity index is 566. The predicted octanol–water partition coefficient (Wildman–Crippen LogP) is 3.74. The molecule has 0 fully saturated rings. The first-order valence-corrected chi connectivity index (χ1v) is 7.07.